The lowest BCUT2D eigenvalue weighted by molar-refractivity contribution is -0.138. The third-order valence-corrected chi connectivity index (χ3v) is 2.04. The highest BCUT2D eigenvalue weighted by molar-refractivity contribution is 5.94. The molecule has 1 N–H and O–H groups in total. The summed E-state index contributed by atoms with van der Waals surface area (Å²) in [5.74, 6) is -0.437. The van der Waals surface area contributed by atoms with Crippen LogP contribution < -0.4 is 4.74 Å². The number of aliphatic carboxylic acids is 1. The molecule has 1 atom stereocenters. The van der Waals surface area contributed by atoms with E-state index in [1.54, 1.807) is 31.2 Å². The molecule has 1 unspecified atom stereocenters. The number of carboxylic acid groups (broad SMARTS) is 1. The van der Waals surface area contributed by atoms with E-state index >= 15 is 0 Å². The first-order chi connectivity index (χ1) is 7.49. The van der Waals surface area contributed by atoms with Crippen molar-refractivity contribution in [2.24, 2.45) is 0 Å². The van der Waals surface area contributed by atoms with E-state index < -0.39 is 12.1 Å². The summed E-state index contributed by atoms with van der Waals surface area (Å²) in [6.45, 7) is 3.15. The van der Waals surface area contributed by atoms with Gasteiger partial charge >= 0.3 is 5.97 Å². The van der Waals surface area contributed by atoms with E-state index in [2.05, 4.69) is 0 Å². The van der Waals surface area contributed by atoms with Crippen molar-refractivity contribution in [1.29, 1.82) is 0 Å². The van der Waals surface area contributed by atoms with Crippen LogP contribution in [0.25, 0.3) is 0 Å². The largest absolute Gasteiger partial charge is 0.490 e. The molecule has 0 saturated heterocycles. The fourth-order valence-electron chi connectivity index (χ4n) is 1.31. The molecule has 0 aliphatic carbocycles. The fraction of sp³-hybridized carbons (Fsp3) is 0.333. The maximum atomic E-state index is 11.1. The first-order valence-electron chi connectivity index (χ1n) is 4.98. The molecule has 0 bridgehead atoms. The van der Waals surface area contributed by atoms with Crippen molar-refractivity contribution in [2.45, 2.75) is 26.4 Å². The van der Waals surface area contributed by atoms with Crippen LogP contribution in [0.4, 0.5) is 0 Å². The SMILES string of the molecule is CC(=O)c1cccc(OC(C)CC(=O)O)c1. The number of carbonyl (C=O) groups excluding carboxylic acids is 1. The minimum absolute atomic E-state index is 0.0451. The zero-order valence-electron chi connectivity index (χ0n) is 9.27. The second-order valence-electron chi connectivity index (χ2n) is 3.61. The highest BCUT2D eigenvalue weighted by Gasteiger charge is 2.09. The first kappa shape index (κ1) is 12.2. The molecule has 0 fully saturated rings. The average molecular weight is 222 g/mol. The second-order valence-corrected chi connectivity index (χ2v) is 3.61. The number of carboxylic acids is 1. The Bertz CT molecular complexity index is 398. The van der Waals surface area contributed by atoms with Gasteiger partial charge in [-0.3, -0.25) is 9.59 Å². The van der Waals surface area contributed by atoms with Crippen LogP contribution in [0, 0.1) is 0 Å². The summed E-state index contributed by atoms with van der Waals surface area (Å²) >= 11 is 0. The fourth-order valence-corrected chi connectivity index (χ4v) is 1.31. The van der Waals surface area contributed by atoms with Crippen LogP contribution in [0.15, 0.2) is 24.3 Å². The van der Waals surface area contributed by atoms with Gasteiger partial charge in [0.2, 0.25) is 0 Å². The molecule has 0 spiro atoms. The van der Waals surface area contributed by atoms with Gasteiger partial charge in [0.05, 0.1) is 6.42 Å². The van der Waals surface area contributed by atoms with Crippen molar-refractivity contribution < 1.29 is 19.4 Å². The highest BCUT2D eigenvalue weighted by Crippen LogP contribution is 2.16. The Morgan fingerprint density at radius 3 is 2.69 bits per heavy atom. The van der Waals surface area contributed by atoms with Gasteiger partial charge in [0.25, 0.3) is 0 Å². The predicted octanol–water partition coefficient (Wildman–Crippen LogP) is 2.13. The van der Waals surface area contributed by atoms with E-state index in [9.17, 15) is 9.59 Å². The average Bonchev–Trinajstić information content (AvgIpc) is 2.16. The molecular weight excluding hydrogens is 208 g/mol. The smallest absolute Gasteiger partial charge is 0.307 e. The van der Waals surface area contributed by atoms with Gasteiger partial charge in [0, 0.05) is 5.56 Å². The lowest BCUT2D eigenvalue weighted by atomic mass is 10.1. The molecule has 1 aromatic carbocycles. The molecule has 0 amide bonds. The van der Waals surface area contributed by atoms with Crippen molar-refractivity contribution in [3.63, 3.8) is 0 Å². The van der Waals surface area contributed by atoms with E-state index in [0.717, 1.165) is 0 Å². The molecular formula is C12H14O4. The normalized spacial score (nSPS) is 11.9. The number of hydrogen-bond donors (Lipinski definition) is 1. The monoisotopic (exact) mass is 222 g/mol. The molecule has 4 nitrogen and oxygen atoms in total. The Balaban J connectivity index is 2.70. The lowest BCUT2D eigenvalue weighted by Crippen LogP contribution is -2.16. The molecule has 0 saturated carbocycles. The van der Waals surface area contributed by atoms with Crippen LogP contribution >= 0.6 is 0 Å². The minimum atomic E-state index is -0.907. The van der Waals surface area contributed by atoms with Gasteiger partial charge in [-0.1, -0.05) is 12.1 Å². The molecule has 0 aliphatic rings. The maximum absolute atomic E-state index is 11.1. The summed E-state index contributed by atoms with van der Waals surface area (Å²) in [4.78, 5) is 21.6. The van der Waals surface area contributed by atoms with Crippen molar-refractivity contribution in [3.05, 3.63) is 29.8 Å². The second kappa shape index (κ2) is 5.30. The topological polar surface area (TPSA) is 63.6 Å². The molecule has 1 rings (SSSR count). The van der Waals surface area contributed by atoms with Gasteiger partial charge in [0.1, 0.15) is 11.9 Å². The number of rotatable bonds is 5. The van der Waals surface area contributed by atoms with Crippen LogP contribution in [0.5, 0.6) is 5.75 Å². The number of Topliss-reactive ketones (excluding diaryl/α,β-unsaturated/α-hetero) is 1. The number of carbonyl (C=O) groups is 2. The molecule has 0 aliphatic heterocycles. The van der Waals surface area contributed by atoms with Gasteiger partial charge in [0.15, 0.2) is 5.78 Å². The summed E-state index contributed by atoms with van der Waals surface area (Å²) in [6, 6.07) is 6.71. The number of ketones is 1. The van der Waals surface area contributed by atoms with E-state index in [-0.39, 0.29) is 12.2 Å². The third kappa shape index (κ3) is 3.73. The van der Waals surface area contributed by atoms with Crippen molar-refractivity contribution in [2.75, 3.05) is 0 Å². The summed E-state index contributed by atoms with van der Waals surface area (Å²) < 4.78 is 5.38. The third-order valence-electron chi connectivity index (χ3n) is 2.04. The van der Waals surface area contributed by atoms with Gasteiger partial charge in [-0.25, -0.2) is 0 Å². The van der Waals surface area contributed by atoms with Crippen molar-refractivity contribution in [1.82, 2.24) is 0 Å². The Hall–Kier alpha value is -1.84. The zero-order valence-corrected chi connectivity index (χ0v) is 9.27. The Labute approximate surface area is 93.9 Å². The predicted molar refractivity (Wildman–Crippen MR) is 58.8 cm³/mol. The zero-order chi connectivity index (χ0) is 12.1. The van der Waals surface area contributed by atoms with Gasteiger partial charge in [-0.05, 0) is 26.0 Å². The molecule has 1 aromatic rings. The van der Waals surface area contributed by atoms with Crippen LogP contribution in [0.1, 0.15) is 30.6 Å². The molecule has 4 heteroatoms. The van der Waals surface area contributed by atoms with E-state index in [0.29, 0.717) is 11.3 Å². The van der Waals surface area contributed by atoms with Crippen LogP contribution in [0.2, 0.25) is 0 Å². The summed E-state index contributed by atoms with van der Waals surface area (Å²) in [6.07, 6.45) is -0.482. The van der Waals surface area contributed by atoms with Gasteiger partial charge < -0.3 is 9.84 Å². The van der Waals surface area contributed by atoms with E-state index in [4.69, 9.17) is 9.84 Å². The number of hydrogen-bond acceptors (Lipinski definition) is 3. The number of ether oxygens (including phenoxy) is 1. The molecule has 0 aromatic heterocycles. The van der Waals surface area contributed by atoms with Crippen LogP contribution in [0.3, 0.4) is 0 Å². The van der Waals surface area contributed by atoms with Gasteiger partial charge in [-0.2, -0.15) is 0 Å². The highest BCUT2D eigenvalue weighted by atomic mass is 16.5. The number of benzene rings is 1. The Morgan fingerprint density at radius 2 is 2.12 bits per heavy atom. The van der Waals surface area contributed by atoms with E-state index in [1.165, 1.54) is 6.92 Å². The van der Waals surface area contributed by atoms with Crippen molar-refractivity contribution in [3.8, 4) is 5.75 Å². The molecule has 16 heavy (non-hydrogen) atoms. The van der Waals surface area contributed by atoms with Gasteiger partial charge in [-0.15, -0.1) is 0 Å². The minimum Gasteiger partial charge on any atom is -0.490 e. The maximum Gasteiger partial charge on any atom is 0.307 e. The summed E-state index contributed by atoms with van der Waals surface area (Å²) in [5, 5.41) is 8.57. The quantitative estimate of drug-likeness (QED) is 0.775. The summed E-state index contributed by atoms with van der Waals surface area (Å²) in [5.41, 5.74) is 0.556. The molecule has 0 radical (unpaired) electrons. The van der Waals surface area contributed by atoms with Crippen LogP contribution in [-0.2, 0) is 4.79 Å². The Kier molecular flexibility index (Phi) is 4.05. The van der Waals surface area contributed by atoms with Crippen molar-refractivity contribution >= 4 is 11.8 Å². The van der Waals surface area contributed by atoms with Crippen LogP contribution in [-0.4, -0.2) is 23.0 Å². The standard InChI is InChI=1S/C12H14O4/c1-8(6-12(14)15)16-11-5-3-4-10(7-11)9(2)13/h3-5,7-8H,6H2,1-2H3,(H,14,15). The van der Waals surface area contributed by atoms with E-state index in [1.807, 2.05) is 0 Å². The Morgan fingerprint density at radius 1 is 1.44 bits per heavy atom. The molecule has 86 valence electrons. The first-order valence-corrected chi connectivity index (χ1v) is 4.98. The summed E-state index contributed by atoms with van der Waals surface area (Å²) in [7, 11) is 0. The molecule has 0 heterocycles. The lowest BCUT2D eigenvalue weighted by Gasteiger charge is -2.12.